The third kappa shape index (κ3) is 3.82. The van der Waals surface area contributed by atoms with Crippen molar-refractivity contribution in [1.29, 1.82) is 0 Å². The van der Waals surface area contributed by atoms with Gasteiger partial charge in [0.1, 0.15) is 17.5 Å². The van der Waals surface area contributed by atoms with Gasteiger partial charge in [-0.05, 0) is 36.3 Å². The summed E-state index contributed by atoms with van der Waals surface area (Å²) in [6.07, 6.45) is 3.03. The molecule has 3 atom stereocenters. The number of carbonyl (C=O) groups is 2. The van der Waals surface area contributed by atoms with Gasteiger partial charge in [-0.15, -0.1) is 0 Å². The molecule has 2 aromatic rings. The van der Waals surface area contributed by atoms with Gasteiger partial charge in [-0.2, -0.15) is 0 Å². The fourth-order valence-electron chi connectivity index (χ4n) is 4.17. The number of halogens is 2. The molecule has 2 aliphatic rings. The van der Waals surface area contributed by atoms with Gasteiger partial charge in [0.15, 0.2) is 0 Å². The molecule has 0 radical (unpaired) electrons. The van der Waals surface area contributed by atoms with Crippen LogP contribution in [0, 0.1) is 5.82 Å². The number of rotatable bonds is 7. The first kappa shape index (κ1) is 21.1. The van der Waals surface area contributed by atoms with Crippen molar-refractivity contribution in [2.45, 2.75) is 24.2 Å². The van der Waals surface area contributed by atoms with Gasteiger partial charge in [-0.1, -0.05) is 48.0 Å². The zero-order valence-electron chi connectivity index (χ0n) is 16.6. The molecule has 0 fully saturated rings. The Labute approximate surface area is 183 Å². The molecule has 4 rings (SSSR count). The number of fused-ring (bicyclic) bond motifs is 2. The molecule has 2 aliphatic heterocycles. The molecule has 1 amide bonds. The molecule has 0 spiro atoms. The molecular weight excluding hydrogens is 423 g/mol. The summed E-state index contributed by atoms with van der Waals surface area (Å²) in [6.45, 7) is 0. The topological polar surface area (TPSA) is 90.7 Å². The highest BCUT2D eigenvalue weighted by Crippen LogP contribution is 2.47. The molecule has 3 N–H and O–H groups in total. The molecule has 31 heavy (non-hydrogen) atoms. The average Bonchev–Trinajstić information content (AvgIpc) is 3.31. The summed E-state index contributed by atoms with van der Waals surface area (Å²) in [5, 5.41) is 3.46. The third-order valence-corrected chi connectivity index (χ3v) is 5.66. The number of hydrogen-bond donors (Lipinski definition) is 2. The van der Waals surface area contributed by atoms with E-state index in [-0.39, 0.29) is 16.2 Å². The number of anilines is 1. The normalized spacial score (nSPS) is 22.5. The highest BCUT2D eigenvalue weighted by molar-refractivity contribution is 6.30. The van der Waals surface area contributed by atoms with Gasteiger partial charge < -0.3 is 20.5 Å². The van der Waals surface area contributed by atoms with Crippen LogP contribution in [0.2, 0.25) is 5.02 Å². The summed E-state index contributed by atoms with van der Waals surface area (Å²) in [4.78, 5) is 24.9. The summed E-state index contributed by atoms with van der Waals surface area (Å²) >= 11 is 6.03. The Morgan fingerprint density at radius 3 is 2.68 bits per heavy atom. The number of carbonyl (C=O) groups excluding carboxylic acids is 2. The lowest BCUT2D eigenvalue weighted by molar-refractivity contribution is -0.138. The lowest BCUT2D eigenvalue weighted by Gasteiger charge is -2.36. The molecule has 0 saturated carbocycles. The summed E-state index contributed by atoms with van der Waals surface area (Å²) < 4.78 is 25.1. The predicted molar refractivity (Wildman–Crippen MR) is 114 cm³/mol. The summed E-state index contributed by atoms with van der Waals surface area (Å²) in [5.74, 6) is -1.98. The molecule has 0 aliphatic carbocycles. The summed E-state index contributed by atoms with van der Waals surface area (Å²) in [6, 6.07) is 13.0. The molecule has 0 saturated heterocycles. The Hall–Kier alpha value is -3.16. The van der Waals surface area contributed by atoms with Gasteiger partial charge in [-0.25, -0.2) is 9.18 Å². The van der Waals surface area contributed by atoms with E-state index in [2.05, 4.69) is 5.32 Å². The molecule has 8 heteroatoms. The standard InChI is InChI=1S/C23H20ClFN2O4/c1-30-22(29)20-19(21(26)28)17-7-8-23(20,31-17)18(9-13-5-3-2-4-6-13)27-16-11-14(24)10-15(25)12-16/h2-8,10-12,17-18,27H,9H2,1H3,(H2,26,28). The van der Waals surface area contributed by atoms with E-state index < -0.39 is 35.4 Å². The minimum Gasteiger partial charge on any atom is -0.466 e. The minimum atomic E-state index is -1.34. The van der Waals surface area contributed by atoms with E-state index in [9.17, 15) is 14.0 Å². The zero-order chi connectivity index (χ0) is 22.2. The van der Waals surface area contributed by atoms with Crippen LogP contribution in [0.1, 0.15) is 5.56 Å². The van der Waals surface area contributed by atoms with Gasteiger partial charge in [-0.3, -0.25) is 4.79 Å². The SMILES string of the molecule is COC(=O)C1=C(C(N)=O)C2C=CC1(C(Cc1ccccc1)Nc1cc(F)cc(Cl)c1)O2. The van der Waals surface area contributed by atoms with Gasteiger partial charge in [0.2, 0.25) is 5.91 Å². The Kier molecular flexibility index (Phi) is 5.56. The molecule has 2 heterocycles. The number of nitrogens with one attached hydrogen (secondary N) is 1. The van der Waals surface area contributed by atoms with Crippen LogP contribution in [0.3, 0.4) is 0 Å². The van der Waals surface area contributed by atoms with E-state index in [0.717, 1.165) is 5.56 Å². The van der Waals surface area contributed by atoms with Gasteiger partial charge in [0.05, 0.1) is 24.3 Å². The van der Waals surface area contributed by atoms with Crippen LogP contribution in [-0.2, 0) is 25.5 Å². The van der Waals surface area contributed by atoms with Gasteiger partial charge in [0.25, 0.3) is 0 Å². The number of amides is 1. The fraction of sp³-hybridized carbons (Fsp3) is 0.217. The third-order valence-electron chi connectivity index (χ3n) is 5.44. The van der Waals surface area contributed by atoms with Crippen molar-refractivity contribution in [3.05, 3.63) is 88.2 Å². The van der Waals surface area contributed by atoms with E-state index in [0.29, 0.717) is 12.1 Å². The second-order valence-electron chi connectivity index (χ2n) is 7.38. The number of methoxy groups -OCH3 is 1. The molecule has 160 valence electrons. The number of nitrogens with two attached hydrogens (primary N) is 1. The number of benzene rings is 2. The highest BCUT2D eigenvalue weighted by Gasteiger charge is 2.57. The maximum absolute atomic E-state index is 14.0. The van der Waals surface area contributed by atoms with E-state index in [1.807, 2.05) is 30.3 Å². The lowest BCUT2D eigenvalue weighted by atomic mass is 9.79. The maximum atomic E-state index is 14.0. The van der Waals surface area contributed by atoms with Crippen molar-refractivity contribution in [2.75, 3.05) is 12.4 Å². The number of ether oxygens (including phenoxy) is 2. The molecule has 0 aromatic heterocycles. The van der Waals surface area contributed by atoms with E-state index in [1.54, 1.807) is 18.2 Å². The maximum Gasteiger partial charge on any atom is 0.337 e. The molecule has 3 unspecified atom stereocenters. The number of primary amides is 1. The number of esters is 1. The Morgan fingerprint density at radius 1 is 1.29 bits per heavy atom. The Morgan fingerprint density at radius 2 is 2.03 bits per heavy atom. The van der Waals surface area contributed by atoms with Crippen molar-refractivity contribution in [3.8, 4) is 0 Å². The zero-order valence-corrected chi connectivity index (χ0v) is 17.4. The molecule has 6 nitrogen and oxygen atoms in total. The fourth-order valence-corrected chi connectivity index (χ4v) is 4.40. The molecular formula is C23H20ClFN2O4. The quantitative estimate of drug-likeness (QED) is 0.507. The molecule has 2 aromatic carbocycles. The highest BCUT2D eigenvalue weighted by atomic mass is 35.5. The summed E-state index contributed by atoms with van der Waals surface area (Å²) in [7, 11) is 1.23. The first-order valence-electron chi connectivity index (χ1n) is 9.60. The van der Waals surface area contributed by atoms with Crippen molar-refractivity contribution in [2.24, 2.45) is 5.73 Å². The van der Waals surface area contributed by atoms with Crippen LogP contribution in [0.25, 0.3) is 0 Å². The van der Waals surface area contributed by atoms with Crippen molar-refractivity contribution in [3.63, 3.8) is 0 Å². The van der Waals surface area contributed by atoms with Crippen LogP contribution in [-0.4, -0.2) is 36.7 Å². The summed E-state index contributed by atoms with van der Waals surface area (Å²) in [5.41, 5.74) is 5.68. The predicted octanol–water partition coefficient (Wildman–Crippen LogP) is 3.16. The average molecular weight is 443 g/mol. The van der Waals surface area contributed by atoms with Crippen molar-refractivity contribution < 1.29 is 23.5 Å². The first-order valence-corrected chi connectivity index (χ1v) is 9.98. The minimum absolute atomic E-state index is 0.0472. The largest absolute Gasteiger partial charge is 0.466 e. The van der Waals surface area contributed by atoms with Crippen LogP contribution >= 0.6 is 11.6 Å². The van der Waals surface area contributed by atoms with Crippen LogP contribution in [0.5, 0.6) is 0 Å². The smallest absolute Gasteiger partial charge is 0.337 e. The van der Waals surface area contributed by atoms with Gasteiger partial charge in [0, 0.05) is 10.7 Å². The van der Waals surface area contributed by atoms with Gasteiger partial charge >= 0.3 is 5.97 Å². The van der Waals surface area contributed by atoms with Crippen LogP contribution in [0.15, 0.2) is 71.8 Å². The van der Waals surface area contributed by atoms with Crippen molar-refractivity contribution in [1.82, 2.24) is 0 Å². The molecule has 2 bridgehead atoms. The van der Waals surface area contributed by atoms with Crippen molar-refractivity contribution >= 4 is 29.2 Å². The monoisotopic (exact) mass is 442 g/mol. The number of hydrogen-bond acceptors (Lipinski definition) is 5. The van der Waals surface area contributed by atoms with E-state index in [4.69, 9.17) is 26.8 Å². The Balaban J connectivity index is 1.82. The van der Waals surface area contributed by atoms with Crippen LogP contribution in [0.4, 0.5) is 10.1 Å². The van der Waals surface area contributed by atoms with E-state index in [1.165, 1.54) is 19.2 Å². The van der Waals surface area contributed by atoms with Crippen LogP contribution < -0.4 is 11.1 Å². The second kappa shape index (κ2) is 8.17. The lowest BCUT2D eigenvalue weighted by Crippen LogP contribution is -2.49. The first-order chi connectivity index (χ1) is 14.8. The Bertz CT molecular complexity index is 1080. The second-order valence-corrected chi connectivity index (χ2v) is 7.82. The van der Waals surface area contributed by atoms with E-state index >= 15 is 0 Å².